The van der Waals surface area contributed by atoms with E-state index in [0.29, 0.717) is 12.1 Å². The molecular formula is C22H27N3O3. The summed E-state index contributed by atoms with van der Waals surface area (Å²) in [4.78, 5) is 24.7. The number of carbonyl (C=O) groups is 2. The van der Waals surface area contributed by atoms with Crippen molar-refractivity contribution in [3.05, 3.63) is 53.3 Å². The molecule has 0 radical (unpaired) electrons. The number of carboxylic acid groups (broad SMARTS) is 1. The summed E-state index contributed by atoms with van der Waals surface area (Å²) >= 11 is 0. The molecule has 2 aromatic rings. The van der Waals surface area contributed by atoms with Crippen LogP contribution < -0.4 is 5.32 Å². The van der Waals surface area contributed by atoms with Crippen LogP contribution in [0.1, 0.15) is 78.5 Å². The van der Waals surface area contributed by atoms with Crippen molar-refractivity contribution in [3.8, 4) is 0 Å². The number of nitrogens with one attached hydrogen (secondary N) is 1. The summed E-state index contributed by atoms with van der Waals surface area (Å²) in [5.41, 5.74) is 2.99. The van der Waals surface area contributed by atoms with Gasteiger partial charge in [0.25, 0.3) is 5.91 Å². The fourth-order valence-electron chi connectivity index (χ4n) is 4.77. The highest BCUT2D eigenvalue weighted by atomic mass is 16.4. The van der Waals surface area contributed by atoms with Gasteiger partial charge in [0, 0.05) is 6.20 Å². The summed E-state index contributed by atoms with van der Waals surface area (Å²) in [6, 6.07) is 9.26. The minimum absolute atomic E-state index is 0.158. The number of rotatable bonds is 6. The molecule has 0 aliphatic heterocycles. The first kappa shape index (κ1) is 18.7. The van der Waals surface area contributed by atoms with E-state index in [1.54, 1.807) is 16.9 Å². The topological polar surface area (TPSA) is 84.2 Å². The Morgan fingerprint density at radius 2 is 1.93 bits per heavy atom. The first-order chi connectivity index (χ1) is 13.6. The highest BCUT2D eigenvalue weighted by molar-refractivity contribution is 5.95. The van der Waals surface area contributed by atoms with Crippen molar-refractivity contribution in [1.29, 1.82) is 0 Å². The zero-order chi connectivity index (χ0) is 19.5. The third kappa shape index (κ3) is 3.81. The number of aromatic nitrogens is 2. The van der Waals surface area contributed by atoms with Gasteiger partial charge in [-0.1, -0.05) is 37.1 Å². The predicted molar refractivity (Wildman–Crippen MR) is 105 cm³/mol. The fourth-order valence-corrected chi connectivity index (χ4v) is 4.77. The molecule has 2 atom stereocenters. The second kappa shape index (κ2) is 8.17. The van der Waals surface area contributed by atoms with Gasteiger partial charge in [0.15, 0.2) is 0 Å². The fraction of sp³-hybridized carbons (Fsp3) is 0.500. The number of amides is 1. The van der Waals surface area contributed by atoms with Gasteiger partial charge in [-0.05, 0) is 61.6 Å². The summed E-state index contributed by atoms with van der Waals surface area (Å²) in [6.45, 7) is 0. The predicted octanol–water partition coefficient (Wildman–Crippen LogP) is 3.69. The molecule has 6 nitrogen and oxygen atoms in total. The molecule has 0 saturated heterocycles. The molecule has 6 heteroatoms. The third-order valence-electron chi connectivity index (χ3n) is 6.19. The Hall–Kier alpha value is -2.63. The summed E-state index contributed by atoms with van der Waals surface area (Å²) in [5, 5.41) is 16.8. The van der Waals surface area contributed by atoms with E-state index in [0.717, 1.165) is 44.9 Å². The van der Waals surface area contributed by atoms with E-state index in [2.05, 4.69) is 22.5 Å². The van der Waals surface area contributed by atoms with Crippen LogP contribution in [0.5, 0.6) is 0 Å². The quantitative estimate of drug-likeness (QED) is 0.799. The molecule has 148 valence electrons. The lowest BCUT2D eigenvalue weighted by Crippen LogP contribution is -2.43. The van der Waals surface area contributed by atoms with Crippen LogP contribution in [0.15, 0.2) is 36.5 Å². The van der Waals surface area contributed by atoms with Crippen LogP contribution >= 0.6 is 0 Å². The molecule has 2 aliphatic carbocycles. The van der Waals surface area contributed by atoms with Crippen LogP contribution in [0.2, 0.25) is 0 Å². The maximum absolute atomic E-state index is 12.9. The Balaban J connectivity index is 1.49. The lowest BCUT2D eigenvalue weighted by molar-refractivity contribution is -0.139. The Kier molecular flexibility index (Phi) is 5.46. The minimum Gasteiger partial charge on any atom is -0.480 e. The van der Waals surface area contributed by atoms with E-state index in [1.807, 2.05) is 12.1 Å². The first-order valence-electron chi connectivity index (χ1n) is 10.3. The van der Waals surface area contributed by atoms with Crippen LogP contribution in [0, 0.1) is 0 Å². The molecule has 2 aliphatic rings. The lowest BCUT2D eigenvalue weighted by Gasteiger charge is -2.28. The van der Waals surface area contributed by atoms with E-state index >= 15 is 0 Å². The monoisotopic (exact) mass is 381 g/mol. The van der Waals surface area contributed by atoms with Crippen LogP contribution in [0.3, 0.4) is 0 Å². The number of carboxylic acids is 1. The highest BCUT2D eigenvalue weighted by Gasteiger charge is 2.30. The van der Waals surface area contributed by atoms with Crippen molar-refractivity contribution >= 4 is 11.9 Å². The van der Waals surface area contributed by atoms with Gasteiger partial charge in [0.1, 0.15) is 11.7 Å². The number of aryl methyl sites for hydroxylation is 1. The average molecular weight is 381 g/mol. The maximum atomic E-state index is 12.9. The maximum Gasteiger partial charge on any atom is 0.326 e. The van der Waals surface area contributed by atoms with Crippen LogP contribution in [0.25, 0.3) is 0 Å². The second-order valence-electron chi connectivity index (χ2n) is 7.99. The molecule has 1 heterocycles. The van der Waals surface area contributed by atoms with Gasteiger partial charge in [-0.15, -0.1) is 0 Å². The Labute approximate surface area is 164 Å². The lowest BCUT2D eigenvalue weighted by atomic mass is 9.79. The van der Waals surface area contributed by atoms with E-state index in [1.165, 1.54) is 11.1 Å². The standard InChI is InChI=1S/C22H27N3O3/c26-21(20-12-13-23-25(20)17-9-2-3-10-17)24-19(22(27)28)14-16-8-5-7-15-6-1-4-11-18(15)16/h1,4,6,11-13,16-17,19H,2-3,5,7-10,14H2,(H,24,26)(H,27,28). The summed E-state index contributed by atoms with van der Waals surface area (Å²) in [5.74, 6) is -1.17. The molecule has 4 rings (SSSR count). The van der Waals surface area contributed by atoms with Gasteiger partial charge in [-0.3, -0.25) is 9.48 Å². The van der Waals surface area contributed by atoms with Gasteiger partial charge < -0.3 is 10.4 Å². The zero-order valence-electron chi connectivity index (χ0n) is 16.0. The van der Waals surface area contributed by atoms with Crippen LogP contribution in [-0.4, -0.2) is 32.8 Å². The van der Waals surface area contributed by atoms with Gasteiger partial charge in [-0.25, -0.2) is 4.79 Å². The van der Waals surface area contributed by atoms with Crippen molar-refractivity contribution in [1.82, 2.24) is 15.1 Å². The first-order valence-corrected chi connectivity index (χ1v) is 10.3. The molecule has 0 bridgehead atoms. The largest absolute Gasteiger partial charge is 0.480 e. The summed E-state index contributed by atoms with van der Waals surface area (Å²) < 4.78 is 1.77. The van der Waals surface area contributed by atoms with E-state index in [-0.39, 0.29) is 17.9 Å². The molecule has 1 fully saturated rings. The van der Waals surface area contributed by atoms with Gasteiger partial charge in [0.2, 0.25) is 0 Å². The number of hydrogen-bond acceptors (Lipinski definition) is 3. The normalized spacial score (nSPS) is 20.5. The van der Waals surface area contributed by atoms with Crippen molar-refractivity contribution in [2.75, 3.05) is 0 Å². The molecule has 1 aromatic carbocycles. The molecule has 2 N–H and O–H groups in total. The van der Waals surface area contributed by atoms with Crippen molar-refractivity contribution in [3.63, 3.8) is 0 Å². The SMILES string of the molecule is O=C(NC(CC1CCCc2ccccc21)C(=O)O)c1ccnn1C1CCCC1. The average Bonchev–Trinajstić information content (AvgIpc) is 3.39. The molecule has 28 heavy (non-hydrogen) atoms. The molecule has 1 saturated carbocycles. The summed E-state index contributed by atoms with van der Waals surface area (Å²) in [7, 11) is 0. The zero-order valence-corrected chi connectivity index (χ0v) is 16.0. The third-order valence-corrected chi connectivity index (χ3v) is 6.19. The number of benzene rings is 1. The molecule has 1 amide bonds. The summed E-state index contributed by atoms with van der Waals surface area (Å²) in [6.07, 6.45) is 9.40. The van der Waals surface area contributed by atoms with E-state index in [9.17, 15) is 14.7 Å². The Morgan fingerprint density at radius 3 is 2.71 bits per heavy atom. The van der Waals surface area contributed by atoms with Crippen LogP contribution in [0.4, 0.5) is 0 Å². The second-order valence-corrected chi connectivity index (χ2v) is 7.99. The smallest absolute Gasteiger partial charge is 0.326 e. The number of aliphatic carboxylic acids is 1. The van der Waals surface area contributed by atoms with Gasteiger partial charge >= 0.3 is 5.97 Å². The van der Waals surface area contributed by atoms with Crippen molar-refractivity contribution in [2.45, 2.75) is 69.4 Å². The number of carbonyl (C=O) groups excluding carboxylic acids is 1. The molecule has 1 aromatic heterocycles. The number of fused-ring (bicyclic) bond motifs is 1. The van der Waals surface area contributed by atoms with E-state index in [4.69, 9.17) is 0 Å². The van der Waals surface area contributed by atoms with E-state index < -0.39 is 12.0 Å². The van der Waals surface area contributed by atoms with Gasteiger partial charge in [-0.2, -0.15) is 5.10 Å². The Morgan fingerprint density at radius 1 is 1.14 bits per heavy atom. The molecule has 2 unspecified atom stereocenters. The van der Waals surface area contributed by atoms with Gasteiger partial charge in [0.05, 0.1) is 6.04 Å². The minimum atomic E-state index is -0.983. The number of nitrogens with zero attached hydrogens (tertiary/aromatic N) is 2. The highest BCUT2D eigenvalue weighted by Crippen LogP contribution is 2.35. The van der Waals surface area contributed by atoms with Crippen molar-refractivity contribution < 1.29 is 14.7 Å². The van der Waals surface area contributed by atoms with Crippen LogP contribution in [-0.2, 0) is 11.2 Å². The molecular weight excluding hydrogens is 354 g/mol. The number of hydrogen-bond donors (Lipinski definition) is 2. The Bertz CT molecular complexity index is 854. The van der Waals surface area contributed by atoms with Crippen molar-refractivity contribution in [2.24, 2.45) is 0 Å². The molecule has 0 spiro atoms.